The minimum atomic E-state index is -0.0128. The molecule has 0 atom stereocenters. The molecule has 110 valence electrons. The van der Waals surface area contributed by atoms with Crippen molar-refractivity contribution in [2.45, 2.75) is 19.8 Å². The van der Waals surface area contributed by atoms with E-state index in [1.165, 1.54) is 0 Å². The van der Waals surface area contributed by atoms with Crippen LogP contribution < -0.4 is 11.1 Å². The van der Waals surface area contributed by atoms with Crippen LogP contribution in [0.15, 0.2) is 18.2 Å². The van der Waals surface area contributed by atoms with Crippen molar-refractivity contribution in [3.05, 3.63) is 23.8 Å². The highest BCUT2D eigenvalue weighted by Gasteiger charge is 2.20. The average Bonchev–Trinajstić information content (AvgIpc) is 2.45. The van der Waals surface area contributed by atoms with Crippen LogP contribution in [0.2, 0.25) is 0 Å². The number of carbonyl (C=O) groups excluding carboxylic acids is 1. The van der Waals surface area contributed by atoms with Crippen molar-refractivity contribution < 1.29 is 9.90 Å². The highest BCUT2D eigenvalue weighted by molar-refractivity contribution is 5.93. The second kappa shape index (κ2) is 6.72. The van der Waals surface area contributed by atoms with Crippen LogP contribution in [0.4, 0.5) is 11.4 Å². The molecule has 1 aliphatic heterocycles. The molecule has 0 saturated carbocycles. The third kappa shape index (κ3) is 3.71. The lowest BCUT2D eigenvalue weighted by Gasteiger charge is -2.30. The molecule has 5 heteroatoms. The lowest BCUT2D eigenvalue weighted by atomic mass is 9.98. The second-order valence-electron chi connectivity index (χ2n) is 5.47. The molecule has 20 heavy (non-hydrogen) atoms. The van der Waals surface area contributed by atoms with Crippen molar-refractivity contribution in [2.75, 3.05) is 37.3 Å². The first-order valence-corrected chi connectivity index (χ1v) is 7.08. The first-order chi connectivity index (χ1) is 9.60. The first-order valence-electron chi connectivity index (χ1n) is 7.08. The van der Waals surface area contributed by atoms with E-state index in [-0.39, 0.29) is 12.5 Å². The summed E-state index contributed by atoms with van der Waals surface area (Å²) in [5.74, 6) is 0.381. The predicted octanol–water partition coefficient (Wildman–Crippen LogP) is 1.22. The zero-order valence-electron chi connectivity index (χ0n) is 11.9. The monoisotopic (exact) mass is 277 g/mol. The molecule has 2 rings (SSSR count). The van der Waals surface area contributed by atoms with E-state index in [9.17, 15) is 4.79 Å². The van der Waals surface area contributed by atoms with Gasteiger partial charge in [-0.25, -0.2) is 0 Å². The fourth-order valence-corrected chi connectivity index (χ4v) is 2.51. The maximum atomic E-state index is 12.1. The van der Waals surface area contributed by atoms with Gasteiger partial charge in [-0.2, -0.15) is 0 Å². The lowest BCUT2D eigenvalue weighted by Crippen LogP contribution is -2.39. The number of amides is 1. The predicted molar refractivity (Wildman–Crippen MR) is 80.5 cm³/mol. The number of hydrogen-bond acceptors (Lipinski definition) is 4. The third-order valence-electron chi connectivity index (χ3n) is 3.98. The molecule has 4 N–H and O–H groups in total. The summed E-state index contributed by atoms with van der Waals surface area (Å²) in [6.07, 6.45) is 1.92. The number of aliphatic hydroxyl groups excluding tert-OH is 1. The number of nitrogens with zero attached hydrogens (tertiary/aromatic N) is 1. The van der Waals surface area contributed by atoms with Crippen molar-refractivity contribution in [3.8, 4) is 0 Å². The molecular formula is C15H23N3O2. The largest absolute Gasteiger partial charge is 0.398 e. The summed E-state index contributed by atoms with van der Waals surface area (Å²) in [4.78, 5) is 14.2. The van der Waals surface area contributed by atoms with Crippen LogP contribution in [0.25, 0.3) is 0 Å². The standard InChI is InChI=1S/C15H23N3O2/c1-11-13(16)3-2-4-14(11)17-15(20)9-18-7-5-12(10-19)6-8-18/h2-4,12,19H,5-10,16H2,1H3,(H,17,20). The van der Waals surface area contributed by atoms with Crippen LogP contribution >= 0.6 is 0 Å². The zero-order valence-corrected chi connectivity index (χ0v) is 11.9. The number of nitrogens with two attached hydrogens (primary N) is 1. The van der Waals surface area contributed by atoms with E-state index in [2.05, 4.69) is 10.2 Å². The van der Waals surface area contributed by atoms with Gasteiger partial charge >= 0.3 is 0 Å². The van der Waals surface area contributed by atoms with E-state index >= 15 is 0 Å². The molecule has 0 unspecified atom stereocenters. The maximum absolute atomic E-state index is 12.1. The number of carbonyl (C=O) groups is 1. The second-order valence-corrected chi connectivity index (χ2v) is 5.47. The smallest absolute Gasteiger partial charge is 0.238 e. The molecule has 1 aliphatic rings. The van der Waals surface area contributed by atoms with Crippen molar-refractivity contribution in [2.24, 2.45) is 5.92 Å². The Hall–Kier alpha value is -1.59. The fourth-order valence-electron chi connectivity index (χ4n) is 2.51. The van der Waals surface area contributed by atoms with Crippen molar-refractivity contribution in [3.63, 3.8) is 0 Å². The van der Waals surface area contributed by atoms with Gasteiger partial charge in [0.05, 0.1) is 6.54 Å². The SMILES string of the molecule is Cc1c(N)cccc1NC(=O)CN1CCC(CO)CC1. The zero-order chi connectivity index (χ0) is 14.5. The average molecular weight is 277 g/mol. The molecule has 0 radical (unpaired) electrons. The van der Waals surface area contributed by atoms with Gasteiger partial charge in [-0.1, -0.05) is 6.07 Å². The molecule has 1 saturated heterocycles. The molecule has 1 aromatic rings. The minimum Gasteiger partial charge on any atom is -0.398 e. The number of likely N-dealkylation sites (tertiary alicyclic amines) is 1. The maximum Gasteiger partial charge on any atom is 0.238 e. The van der Waals surface area contributed by atoms with Gasteiger partial charge in [-0.05, 0) is 56.5 Å². The summed E-state index contributed by atoms with van der Waals surface area (Å²) in [6, 6.07) is 5.52. The van der Waals surface area contributed by atoms with Crippen molar-refractivity contribution >= 4 is 17.3 Å². The quantitative estimate of drug-likeness (QED) is 0.723. The Morgan fingerprint density at radius 3 is 2.80 bits per heavy atom. The Morgan fingerprint density at radius 2 is 2.15 bits per heavy atom. The summed E-state index contributed by atoms with van der Waals surface area (Å²) in [5, 5.41) is 12.0. The lowest BCUT2D eigenvalue weighted by molar-refractivity contribution is -0.117. The van der Waals surface area contributed by atoms with Gasteiger partial charge in [0.1, 0.15) is 0 Å². The Bertz CT molecular complexity index is 468. The third-order valence-corrected chi connectivity index (χ3v) is 3.98. The number of hydrogen-bond donors (Lipinski definition) is 3. The molecular weight excluding hydrogens is 254 g/mol. The molecule has 1 amide bonds. The van der Waals surface area contributed by atoms with Crippen LogP contribution in [0, 0.1) is 12.8 Å². The molecule has 0 bridgehead atoms. The van der Waals surface area contributed by atoms with E-state index in [0.717, 1.165) is 37.2 Å². The van der Waals surface area contributed by atoms with E-state index in [4.69, 9.17) is 10.8 Å². The number of anilines is 2. The van der Waals surface area contributed by atoms with Gasteiger partial charge in [0.2, 0.25) is 5.91 Å². The number of rotatable bonds is 4. The van der Waals surface area contributed by atoms with Crippen molar-refractivity contribution in [1.29, 1.82) is 0 Å². The van der Waals surface area contributed by atoms with Crippen LogP contribution in [0.5, 0.6) is 0 Å². The van der Waals surface area contributed by atoms with Crippen LogP contribution in [-0.2, 0) is 4.79 Å². The molecule has 5 nitrogen and oxygen atoms in total. The number of benzene rings is 1. The normalized spacial score (nSPS) is 17.1. The number of aliphatic hydroxyl groups is 1. The Balaban J connectivity index is 1.85. The van der Waals surface area contributed by atoms with E-state index in [0.29, 0.717) is 18.2 Å². The number of nitrogen functional groups attached to an aromatic ring is 1. The summed E-state index contributed by atoms with van der Waals surface area (Å²) >= 11 is 0. The summed E-state index contributed by atoms with van der Waals surface area (Å²) in [6.45, 7) is 4.29. The summed E-state index contributed by atoms with van der Waals surface area (Å²) in [7, 11) is 0. The van der Waals surface area contributed by atoms with Gasteiger partial charge < -0.3 is 16.2 Å². The molecule has 0 spiro atoms. The van der Waals surface area contributed by atoms with Gasteiger partial charge in [-0.3, -0.25) is 9.69 Å². The number of piperidine rings is 1. The van der Waals surface area contributed by atoms with Crippen LogP contribution in [-0.4, -0.2) is 42.2 Å². The molecule has 1 heterocycles. The first kappa shape index (κ1) is 14.8. The molecule has 1 aromatic carbocycles. The molecule has 0 aromatic heterocycles. The van der Waals surface area contributed by atoms with Gasteiger partial charge in [-0.15, -0.1) is 0 Å². The van der Waals surface area contributed by atoms with Crippen LogP contribution in [0.3, 0.4) is 0 Å². The van der Waals surface area contributed by atoms with Gasteiger partial charge in [0.25, 0.3) is 0 Å². The summed E-state index contributed by atoms with van der Waals surface area (Å²) < 4.78 is 0. The Labute approximate surface area is 119 Å². The summed E-state index contributed by atoms with van der Waals surface area (Å²) in [5.41, 5.74) is 8.19. The highest BCUT2D eigenvalue weighted by atomic mass is 16.3. The Morgan fingerprint density at radius 1 is 1.45 bits per heavy atom. The minimum absolute atomic E-state index is 0.0128. The van der Waals surface area contributed by atoms with Gasteiger partial charge in [0.15, 0.2) is 0 Å². The van der Waals surface area contributed by atoms with Gasteiger partial charge in [0, 0.05) is 18.0 Å². The van der Waals surface area contributed by atoms with E-state index in [1.807, 2.05) is 25.1 Å². The topological polar surface area (TPSA) is 78.6 Å². The Kier molecular flexibility index (Phi) is 4.98. The highest BCUT2D eigenvalue weighted by Crippen LogP contribution is 2.21. The number of nitrogens with one attached hydrogen (secondary N) is 1. The fraction of sp³-hybridized carbons (Fsp3) is 0.533. The molecule has 1 fully saturated rings. The van der Waals surface area contributed by atoms with E-state index < -0.39 is 0 Å². The molecule has 0 aliphatic carbocycles. The van der Waals surface area contributed by atoms with Crippen LogP contribution in [0.1, 0.15) is 18.4 Å². The van der Waals surface area contributed by atoms with Crippen molar-refractivity contribution in [1.82, 2.24) is 4.90 Å². The van der Waals surface area contributed by atoms with E-state index in [1.54, 1.807) is 0 Å².